The Balaban J connectivity index is 0.000000236. The van der Waals surface area contributed by atoms with E-state index < -0.39 is 41.9 Å². The fourth-order valence-electron chi connectivity index (χ4n) is 7.28. The van der Waals surface area contributed by atoms with Crippen LogP contribution in [-0.2, 0) is 33.6 Å². The zero-order chi connectivity index (χ0) is 49.5. The molecule has 0 aliphatic heterocycles. The average molecular weight is 933 g/mol. The summed E-state index contributed by atoms with van der Waals surface area (Å²) in [5, 5.41) is 64.4. The number of carbonyl (C=O) groups is 4. The van der Waals surface area contributed by atoms with Gasteiger partial charge < -0.3 is 62.1 Å². The molecule has 0 unspecified atom stereocenters. The third-order valence-electron chi connectivity index (χ3n) is 10.7. The molecule has 3 atom stereocenters. The van der Waals surface area contributed by atoms with Gasteiger partial charge in [0.05, 0.1) is 39.9 Å². The van der Waals surface area contributed by atoms with Gasteiger partial charge in [-0.1, -0.05) is 47.7 Å². The maximum atomic E-state index is 13.1. The van der Waals surface area contributed by atoms with Crippen LogP contribution in [0.5, 0.6) is 17.2 Å². The highest BCUT2D eigenvalue weighted by Crippen LogP contribution is 2.36. The van der Waals surface area contributed by atoms with Crippen molar-refractivity contribution in [3.8, 4) is 28.6 Å². The predicted octanol–water partition coefficient (Wildman–Crippen LogP) is 7.09. The van der Waals surface area contributed by atoms with Crippen LogP contribution in [-0.4, -0.2) is 82.1 Å². The highest BCUT2D eigenvalue weighted by Gasteiger charge is 2.26. The number of aliphatic carboxylic acids is 3. The normalized spacial score (nSPS) is 13.4. The quantitative estimate of drug-likeness (QED) is 0.0161. The number of carbonyl (C=O) groups excluding carboxylic acids is 1. The van der Waals surface area contributed by atoms with E-state index in [1.165, 1.54) is 55.0 Å². The van der Waals surface area contributed by atoms with Crippen molar-refractivity contribution in [1.29, 1.82) is 0 Å². The Morgan fingerprint density at radius 2 is 1.28 bits per heavy atom. The molecule has 1 amide bonds. The summed E-state index contributed by atoms with van der Waals surface area (Å²) in [7, 11) is 0. The first-order valence-corrected chi connectivity index (χ1v) is 20.9. The van der Waals surface area contributed by atoms with Crippen LogP contribution in [0, 0.1) is 0 Å². The molecule has 23 heteroatoms. The second-order valence-electron chi connectivity index (χ2n) is 15.6. The molecule has 1 saturated carbocycles. The largest absolute Gasteiger partial charge is 0.507 e. The molecule has 0 bridgehead atoms. The van der Waals surface area contributed by atoms with E-state index in [1.54, 1.807) is 30.7 Å². The van der Waals surface area contributed by atoms with Gasteiger partial charge in [0.2, 0.25) is 0 Å². The Bertz CT molecular complexity index is 2870. The zero-order valence-electron chi connectivity index (χ0n) is 36.2. The molecule has 13 N–H and O–H groups in total. The van der Waals surface area contributed by atoms with Gasteiger partial charge in [0.25, 0.3) is 5.91 Å². The molecule has 1 fully saturated rings. The number of nitrogens with zero attached hydrogens (tertiary/aromatic N) is 8. The van der Waals surface area contributed by atoms with Gasteiger partial charge in [0, 0.05) is 27.8 Å². The van der Waals surface area contributed by atoms with Crippen LogP contribution in [0.3, 0.4) is 0 Å². The molecule has 1 aliphatic rings. The third kappa shape index (κ3) is 13.4. The van der Waals surface area contributed by atoms with Crippen molar-refractivity contribution in [2.45, 2.75) is 75.5 Å². The van der Waals surface area contributed by atoms with Crippen molar-refractivity contribution in [2.75, 3.05) is 5.73 Å². The van der Waals surface area contributed by atoms with Gasteiger partial charge in [0.1, 0.15) is 47.5 Å². The van der Waals surface area contributed by atoms with Gasteiger partial charge >= 0.3 is 17.9 Å². The predicted molar refractivity (Wildman–Crippen MR) is 247 cm³/mol. The van der Waals surface area contributed by atoms with E-state index >= 15 is 0 Å². The number of aromatic hydroxyl groups is 3. The number of fused-ring (bicyclic) bond motifs is 1. The molecule has 2 aromatic heterocycles. The van der Waals surface area contributed by atoms with E-state index in [0.29, 0.717) is 28.2 Å². The molecule has 354 valence electrons. The number of nitrogens with two attached hydrogens (primary N) is 3. The first kappa shape index (κ1) is 50.3. The van der Waals surface area contributed by atoms with Crippen molar-refractivity contribution in [1.82, 2.24) is 14.9 Å². The minimum Gasteiger partial charge on any atom is -0.507 e. The minimum absolute atomic E-state index is 0.0161. The number of aromatic nitrogens is 2. The summed E-state index contributed by atoms with van der Waals surface area (Å²) in [6.45, 7) is 0. The summed E-state index contributed by atoms with van der Waals surface area (Å²) in [5.41, 5.74) is 37.7. The van der Waals surface area contributed by atoms with Gasteiger partial charge in [0.15, 0.2) is 0 Å². The molecule has 6 aromatic rings. The summed E-state index contributed by atoms with van der Waals surface area (Å²) in [5.74, 6) is -3.56. The number of nitrogens with one attached hydrogen (secondary N) is 1. The van der Waals surface area contributed by atoms with Crippen LogP contribution in [0.1, 0.15) is 65.2 Å². The number of anilines is 1. The molecule has 7 rings (SSSR count). The Morgan fingerprint density at radius 3 is 1.78 bits per heavy atom. The molecule has 0 spiro atoms. The third-order valence-corrected chi connectivity index (χ3v) is 10.7. The molecule has 4 aromatic carbocycles. The maximum Gasteiger partial charge on any atom is 0.326 e. The number of carboxylic acids is 3. The number of furan rings is 1. The number of amides is 1. The number of hydrogen-bond donors (Lipinski definition) is 10. The Hall–Kier alpha value is -8.75. The van der Waals surface area contributed by atoms with Gasteiger partial charge in [-0.2, -0.15) is 0 Å². The van der Waals surface area contributed by atoms with Crippen molar-refractivity contribution in [3.05, 3.63) is 135 Å². The van der Waals surface area contributed by atoms with E-state index in [-0.39, 0.29) is 59.1 Å². The number of azide groups is 2. The number of hydrogen-bond acceptors (Lipinski definition) is 14. The topological polar surface area (TPSA) is 408 Å². The standard InChI is InChI=1S/C27H26N6O5.C9H10N4O3.C9H12N2O3/c28-32-31-21-12-16(6-9-24(21)34)13-22(27(36)37)30-26(35)17-7-8-23-20(14-17)29-25(18-10-11-38-15-18)33(23)19-4-2-1-3-5-19;10-6(9(15)16)3-5-1-2-8(14)7(4-5)12-13-11;10-6-3-5(1-2-8(6)12)4-7(11)9(13)14/h6-12,14-15,19,22,34H,1-5,13H2,(H,30,35)(H,36,37);1-2,4,6,14H,3,10H2,(H,15,16);1-3,7,12H,4,10-11H2,(H,13,14)/t22-;6-;7-/m100/s1. The first-order valence-electron chi connectivity index (χ1n) is 20.9. The zero-order valence-corrected chi connectivity index (χ0v) is 36.2. The lowest BCUT2D eigenvalue weighted by molar-refractivity contribution is -0.139. The second-order valence-corrected chi connectivity index (χ2v) is 15.6. The van der Waals surface area contributed by atoms with Gasteiger partial charge in [-0.05, 0) is 114 Å². The number of nitrogen functional groups attached to an aromatic ring is 1. The molecule has 68 heavy (non-hydrogen) atoms. The van der Waals surface area contributed by atoms with Gasteiger partial charge in [-0.25, -0.2) is 9.78 Å². The molecule has 2 heterocycles. The SMILES string of the molecule is Nc1cc(C[C@H](N)C(=O)O)ccc1O.[N-]=[N+]=Nc1cc(C[C@@H](NC(=O)c2ccc3c(c2)nc(-c2ccoc2)n3C2CCCCC2)C(=O)O)ccc1O.[N-]=[N+]=Nc1cc(C[C@H](N)C(=O)O)ccc1O. The van der Waals surface area contributed by atoms with E-state index in [2.05, 4.69) is 29.9 Å². The van der Waals surface area contributed by atoms with Crippen LogP contribution < -0.4 is 22.5 Å². The van der Waals surface area contributed by atoms with Gasteiger partial charge in [-0.3, -0.25) is 14.4 Å². The molecule has 1 aliphatic carbocycles. The fourth-order valence-corrected chi connectivity index (χ4v) is 7.28. The van der Waals surface area contributed by atoms with Crippen LogP contribution >= 0.6 is 0 Å². The molecule has 23 nitrogen and oxygen atoms in total. The van der Waals surface area contributed by atoms with E-state index in [0.717, 1.165) is 42.6 Å². The fraction of sp³-hybridized carbons (Fsp3) is 0.267. The first-order chi connectivity index (χ1) is 32.5. The lowest BCUT2D eigenvalue weighted by Crippen LogP contribution is -2.42. The monoisotopic (exact) mass is 932 g/mol. The Labute approximate surface area is 386 Å². The Kier molecular flexibility index (Phi) is 17.3. The average Bonchev–Trinajstić information content (AvgIpc) is 3.99. The summed E-state index contributed by atoms with van der Waals surface area (Å²) < 4.78 is 7.53. The summed E-state index contributed by atoms with van der Waals surface area (Å²) >= 11 is 0. The number of imidazole rings is 1. The molecule has 0 radical (unpaired) electrons. The number of benzene rings is 4. The van der Waals surface area contributed by atoms with Crippen LogP contribution in [0.4, 0.5) is 17.1 Å². The summed E-state index contributed by atoms with van der Waals surface area (Å²) in [4.78, 5) is 56.1. The number of phenols is 3. The van der Waals surface area contributed by atoms with Crippen LogP contribution in [0.25, 0.3) is 43.3 Å². The van der Waals surface area contributed by atoms with E-state index in [4.69, 9.17) is 53.0 Å². The van der Waals surface area contributed by atoms with Gasteiger partial charge in [-0.15, -0.1) is 0 Å². The summed E-state index contributed by atoms with van der Waals surface area (Å²) in [6.07, 6.45) is 9.11. The number of phenolic OH excluding ortho intramolecular Hbond substituents is 3. The highest BCUT2D eigenvalue weighted by molar-refractivity contribution is 5.99. The lowest BCUT2D eigenvalue weighted by Gasteiger charge is -2.25. The molecule has 0 saturated heterocycles. The lowest BCUT2D eigenvalue weighted by atomic mass is 9.95. The van der Waals surface area contributed by atoms with Crippen molar-refractivity contribution in [3.63, 3.8) is 0 Å². The van der Waals surface area contributed by atoms with E-state index in [1.807, 2.05) is 12.1 Å². The Morgan fingerprint density at radius 1 is 0.735 bits per heavy atom. The second kappa shape index (κ2) is 23.4. The van der Waals surface area contributed by atoms with Crippen molar-refractivity contribution >= 4 is 51.9 Å². The van der Waals surface area contributed by atoms with E-state index in [9.17, 15) is 34.5 Å². The summed E-state index contributed by atoms with van der Waals surface area (Å²) in [6, 6.07) is 17.1. The van der Waals surface area contributed by atoms with Crippen LogP contribution in [0.2, 0.25) is 0 Å². The van der Waals surface area contributed by atoms with Crippen LogP contribution in [0.15, 0.2) is 106 Å². The highest BCUT2D eigenvalue weighted by atomic mass is 16.4. The number of carboxylic acid groups (broad SMARTS) is 3. The minimum atomic E-state index is -1.25. The molecular formula is C45H48N12O11. The maximum absolute atomic E-state index is 13.1. The smallest absolute Gasteiger partial charge is 0.326 e. The van der Waals surface area contributed by atoms with Crippen molar-refractivity contribution < 1.29 is 54.2 Å². The van der Waals surface area contributed by atoms with Crippen molar-refractivity contribution in [2.24, 2.45) is 21.7 Å². The molecular weight excluding hydrogens is 885 g/mol. The number of rotatable bonds is 15.